The zero-order valence-electron chi connectivity index (χ0n) is 8.18. The maximum Gasteiger partial charge on any atom is 0.176 e. The smallest absolute Gasteiger partial charge is 0.176 e. The highest BCUT2D eigenvalue weighted by Crippen LogP contribution is 2.15. The third kappa shape index (κ3) is 1.28. The largest absolute Gasteiger partial charge is 0.274 e. The second-order valence-corrected chi connectivity index (χ2v) is 3.31. The van der Waals surface area contributed by atoms with Gasteiger partial charge in [-0.3, -0.25) is 10.1 Å². The van der Waals surface area contributed by atoms with Crippen LogP contribution in [0.4, 0.5) is 0 Å². The zero-order chi connectivity index (χ0) is 10.3. The highest BCUT2D eigenvalue weighted by atomic mass is 15.5. The van der Waals surface area contributed by atoms with Gasteiger partial charge < -0.3 is 0 Å². The number of nitrogens with zero attached hydrogens (tertiary/aromatic N) is 4. The molecule has 3 rings (SSSR count). The normalized spacial score (nSPS) is 11.0. The fourth-order valence-corrected chi connectivity index (χ4v) is 1.54. The monoisotopic (exact) mass is 199 g/mol. The lowest BCUT2D eigenvalue weighted by molar-refractivity contribution is 0.808. The van der Waals surface area contributed by atoms with Crippen molar-refractivity contribution in [3.05, 3.63) is 36.3 Å². The van der Waals surface area contributed by atoms with Gasteiger partial charge in [-0.2, -0.15) is 4.63 Å². The molecule has 0 spiro atoms. The van der Waals surface area contributed by atoms with E-state index in [-0.39, 0.29) is 0 Å². The van der Waals surface area contributed by atoms with Crippen LogP contribution >= 0.6 is 0 Å². The van der Waals surface area contributed by atoms with E-state index in [9.17, 15) is 0 Å². The van der Waals surface area contributed by atoms with Gasteiger partial charge >= 0.3 is 0 Å². The fourth-order valence-electron chi connectivity index (χ4n) is 1.54. The molecule has 0 saturated heterocycles. The molecule has 0 aliphatic carbocycles. The Labute approximate surface area is 85.8 Å². The third-order valence-corrected chi connectivity index (χ3v) is 2.18. The lowest BCUT2D eigenvalue weighted by Crippen LogP contribution is -1.88. The molecule has 5 nitrogen and oxygen atoms in total. The molecule has 0 amide bonds. The first-order chi connectivity index (χ1) is 7.33. The van der Waals surface area contributed by atoms with Crippen LogP contribution in [0.2, 0.25) is 0 Å². The predicted molar refractivity (Wildman–Crippen MR) is 55.3 cm³/mol. The highest BCUT2D eigenvalue weighted by molar-refractivity contribution is 5.59. The van der Waals surface area contributed by atoms with E-state index in [1.54, 1.807) is 10.8 Å². The minimum Gasteiger partial charge on any atom is -0.274 e. The van der Waals surface area contributed by atoms with E-state index < -0.39 is 0 Å². The van der Waals surface area contributed by atoms with Gasteiger partial charge in [0.05, 0.1) is 11.4 Å². The highest BCUT2D eigenvalue weighted by Gasteiger charge is 2.06. The number of rotatable bonds is 1. The number of aromatic amines is 1. The summed E-state index contributed by atoms with van der Waals surface area (Å²) < 4.78 is 1.65. The standard InChI is InChI=1S/C10H9N5/c1-7-12-10-6-9(14-15(10)13-7)8-4-2-3-5-11-8/h2-6,14H,1H3. The molecule has 3 heterocycles. The van der Waals surface area contributed by atoms with Gasteiger partial charge in [-0.1, -0.05) is 6.07 Å². The number of fused-ring (bicyclic) bond motifs is 1. The molecule has 74 valence electrons. The number of H-pyrrole nitrogens is 1. The van der Waals surface area contributed by atoms with Crippen molar-refractivity contribution in [3.63, 3.8) is 0 Å². The van der Waals surface area contributed by atoms with Crippen LogP contribution in [-0.2, 0) is 0 Å². The van der Waals surface area contributed by atoms with E-state index >= 15 is 0 Å². The first kappa shape index (κ1) is 8.16. The van der Waals surface area contributed by atoms with Crippen LogP contribution in [0.15, 0.2) is 30.5 Å². The maximum absolute atomic E-state index is 4.25. The van der Waals surface area contributed by atoms with Crippen molar-refractivity contribution in [3.8, 4) is 11.4 Å². The average Bonchev–Trinajstić information content (AvgIpc) is 2.76. The van der Waals surface area contributed by atoms with Crippen LogP contribution in [0.5, 0.6) is 0 Å². The van der Waals surface area contributed by atoms with E-state index in [0.29, 0.717) is 0 Å². The molecule has 0 bridgehead atoms. The first-order valence-electron chi connectivity index (χ1n) is 4.67. The van der Waals surface area contributed by atoms with Gasteiger partial charge in [0.2, 0.25) is 0 Å². The van der Waals surface area contributed by atoms with Gasteiger partial charge in [0.25, 0.3) is 0 Å². The minimum absolute atomic E-state index is 0.758. The summed E-state index contributed by atoms with van der Waals surface area (Å²) in [7, 11) is 0. The van der Waals surface area contributed by atoms with Crippen LogP contribution in [0.25, 0.3) is 17.0 Å². The molecule has 3 aromatic rings. The second kappa shape index (κ2) is 2.91. The van der Waals surface area contributed by atoms with E-state index in [4.69, 9.17) is 0 Å². The van der Waals surface area contributed by atoms with Gasteiger partial charge in [-0.05, 0) is 19.1 Å². The summed E-state index contributed by atoms with van der Waals surface area (Å²) in [6.07, 6.45) is 1.76. The summed E-state index contributed by atoms with van der Waals surface area (Å²) in [5.74, 6) is 0.758. The Morgan fingerprint density at radius 1 is 1.33 bits per heavy atom. The molecular weight excluding hydrogens is 190 g/mol. The Morgan fingerprint density at radius 3 is 3.00 bits per heavy atom. The van der Waals surface area contributed by atoms with Gasteiger partial charge in [0.15, 0.2) is 5.65 Å². The van der Waals surface area contributed by atoms with Crippen molar-refractivity contribution >= 4 is 5.65 Å². The Bertz CT molecular complexity index is 561. The van der Waals surface area contributed by atoms with Crippen molar-refractivity contribution in [1.82, 2.24) is 24.8 Å². The molecule has 15 heavy (non-hydrogen) atoms. The van der Waals surface area contributed by atoms with Gasteiger partial charge in [-0.15, -0.1) is 5.10 Å². The quantitative estimate of drug-likeness (QED) is 0.645. The number of aromatic nitrogens is 5. The number of hydrogen-bond acceptors (Lipinski definition) is 3. The van der Waals surface area contributed by atoms with Crippen LogP contribution < -0.4 is 0 Å². The number of aryl methyl sites for hydroxylation is 1. The molecule has 1 N–H and O–H groups in total. The van der Waals surface area contributed by atoms with Crippen molar-refractivity contribution in [2.24, 2.45) is 0 Å². The lowest BCUT2D eigenvalue weighted by Gasteiger charge is -1.93. The van der Waals surface area contributed by atoms with Crippen LogP contribution in [-0.4, -0.2) is 24.8 Å². The number of hydrogen-bond donors (Lipinski definition) is 1. The maximum atomic E-state index is 4.25. The molecule has 0 aromatic carbocycles. The van der Waals surface area contributed by atoms with Gasteiger partial charge in [0, 0.05) is 12.3 Å². The Balaban J connectivity index is 2.16. The summed E-state index contributed by atoms with van der Waals surface area (Å²) in [5.41, 5.74) is 2.63. The second-order valence-electron chi connectivity index (χ2n) is 3.31. The zero-order valence-corrected chi connectivity index (χ0v) is 8.18. The van der Waals surface area contributed by atoms with Crippen molar-refractivity contribution < 1.29 is 0 Å². The van der Waals surface area contributed by atoms with Crippen LogP contribution in [0.3, 0.4) is 0 Å². The minimum atomic E-state index is 0.758. The number of pyridine rings is 1. The molecular formula is C10H9N5. The Kier molecular flexibility index (Phi) is 1.58. The molecule has 0 saturated carbocycles. The van der Waals surface area contributed by atoms with Crippen molar-refractivity contribution in [2.45, 2.75) is 6.92 Å². The van der Waals surface area contributed by atoms with Crippen LogP contribution in [0.1, 0.15) is 5.82 Å². The molecule has 0 atom stereocenters. The van der Waals surface area contributed by atoms with Crippen molar-refractivity contribution in [1.29, 1.82) is 0 Å². The number of nitrogens with one attached hydrogen (secondary N) is 1. The first-order valence-corrected chi connectivity index (χ1v) is 4.67. The van der Waals surface area contributed by atoms with E-state index in [0.717, 1.165) is 22.9 Å². The molecule has 0 radical (unpaired) electrons. The lowest BCUT2D eigenvalue weighted by atomic mass is 10.3. The predicted octanol–water partition coefficient (Wildman–Crippen LogP) is 1.43. The molecule has 0 aliphatic rings. The van der Waals surface area contributed by atoms with Crippen LogP contribution in [0, 0.1) is 6.92 Å². The van der Waals surface area contributed by atoms with Crippen molar-refractivity contribution in [2.75, 3.05) is 0 Å². The Morgan fingerprint density at radius 2 is 2.27 bits per heavy atom. The van der Waals surface area contributed by atoms with E-state index in [1.807, 2.05) is 31.2 Å². The molecule has 3 aromatic heterocycles. The molecule has 0 fully saturated rings. The van der Waals surface area contributed by atoms with Gasteiger partial charge in [-0.25, -0.2) is 4.98 Å². The fraction of sp³-hybridized carbons (Fsp3) is 0.100. The molecule has 0 aliphatic heterocycles. The summed E-state index contributed by atoms with van der Waals surface area (Å²) in [4.78, 5) is 8.50. The average molecular weight is 199 g/mol. The Hall–Kier alpha value is -2.17. The summed E-state index contributed by atoms with van der Waals surface area (Å²) in [6, 6.07) is 7.71. The third-order valence-electron chi connectivity index (χ3n) is 2.18. The molecule has 0 unspecified atom stereocenters. The summed E-state index contributed by atoms with van der Waals surface area (Å²) >= 11 is 0. The topological polar surface area (TPSA) is 58.9 Å². The summed E-state index contributed by atoms with van der Waals surface area (Å²) in [6.45, 7) is 1.86. The molecule has 5 heteroatoms. The van der Waals surface area contributed by atoms with E-state index in [1.165, 1.54) is 0 Å². The van der Waals surface area contributed by atoms with Gasteiger partial charge in [0.1, 0.15) is 5.82 Å². The summed E-state index contributed by atoms with van der Waals surface area (Å²) in [5, 5.41) is 7.29. The van der Waals surface area contributed by atoms with E-state index in [2.05, 4.69) is 20.2 Å². The SMILES string of the molecule is Cc1nc2cc(-c3ccccn3)[nH]n2n1.